The molecule has 0 aromatic heterocycles. The summed E-state index contributed by atoms with van der Waals surface area (Å²) < 4.78 is 34.1. The maximum absolute atomic E-state index is 13.5. The Labute approximate surface area is 229 Å². The number of carbonyl (C=O) groups is 2. The van der Waals surface area contributed by atoms with Gasteiger partial charge in [-0.2, -0.15) is 4.31 Å². The standard InChI is InChI=1S/C26H35ClN4O6S/c1-16(2)28-26(34)29-22-8-6-7-21-24(22)37-23(17(3)13-31(25(21)33)18(4)15-32)14-30(5)38(35,36)20-11-9-19(27)10-12-20/h6-12,16-18,23,32H,13-15H2,1-5H3,(H2,28,29,34)/t17-,18-,23+/m0/s1. The van der Waals surface area contributed by atoms with Crippen molar-refractivity contribution in [2.45, 2.75) is 50.8 Å². The predicted octanol–water partition coefficient (Wildman–Crippen LogP) is 3.41. The van der Waals surface area contributed by atoms with E-state index in [2.05, 4.69) is 10.6 Å². The minimum Gasteiger partial charge on any atom is -0.486 e. The van der Waals surface area contributed by atoms with E-state index < -0.39 is 28.2 Å². The van der Waals surface area contributed by atoms with Gasteiger partial charge in [-0.15, -0.1) is 0 Å². The van der Waals surface area contributed by atoms with Crippen molar-refractivity contribution in [2.24, 2.45) is 5.92 Å². The third-order valence-corrected chi connectivity index (χ3v) is 8.41. The van der Waals surface area contributed by atoms with Crippen LogP contribution in [0.25, 0.3) is 0 Å². The molecule has 3 amide bonds. The number of likely N-dealkylation sites (N-methyl/N-ethyl adjacent to an activating group) is 1. The number of halogens is 1. The SMILES string of the molecule is CC(C)NC(=O)Nc1cccc2c1O[C@H](CN(C)S(=O)(=O)c1ccc(Cl)cc1)[C@@H](C)CN([C@@H](C)CO)C2=O. The van der Waals surface area contributed by atoms with E-state index in [-0.39, 0.29) is 59.5 Å². The van der Waals surface area contributed by atoms with Crippen LogP contribution in [0.5, 0.6) is 5.75 Å². The van der Waals surface area contributed by atoms with Crippen LogP contribution in [0.15, 0.2) is 47.4 Å². The molecular weight excluding hydrogens is 532 g/mol. The summed E-state index contributed by atoms with van der Waals surface area (Å²) in [5.74, 6) is -0.552. The van der Waals surface area contributed by atoms with Crippen molar-refractivity contribution in [3.63, 3.8) is 0 Å². The number of ether oxygens (including phenoxy) is 1. The van der Waals surface area contributed by atoms with Crippen LogP contribution < -0.4 is 15.4 Å². The van der Waals surface area contributed by atoms with Gasteiger partial charge >= 0.3 is 6.03 Å². The van der Waals surface area contributed by atoms with Crippen molar-refractivity contribution >= 4 is 39.2 Å². The first-order valence-electron chi connectivity index (χ1n) is 12.4. The monoisotopic (exact) mass is 566 g/mol. The van der Waals surface area contributed by atoms with Crippen LogP contribution in [-0.2, 0) is 10.0 Å². The molecule has 3 N–H and O–H groups in total. The van der Waals surface area contributed by atoms with Crippen LogP contribution in [-0.4, -0.2) is 79.6 Å². The lowest BCUT2D eigenvalue weighted by molar-refractivity contribution is 0.0389. The maximum Gasteiger partial charge on any atom is 0.319 e. The summed E-state index contributed by atoms with van der Waals surface area (Å²) >= 11 is 5.93. The lowest BCUT2D eigenvalue weighted by atomic mass is 9.99. The summed E-state index contributed by atoms with van der Waals surface area (Å²) in [5, 5.41) is 15.7. The molecule has 0 fully saturated rings. The molecular formula is C26H35ClN4O6S. The second kappa shape index (κ2) is 12.3. The summed E-state index contributed by atoms with van der Waals surface area (Å²) in [7, 11) is -2.41. The molecule has 0 aliphatic carbocycles. The zero-order valence-corrected chi connectivity index (χ0v) is 23.7. The Hall–Kier alpha value is -2.86. The Balaban J connectivity index is 2.02. The van der Waals surface area contributed by atoms with Gasteiger partial charge < -0.3 is 25.4 Å². The van der Waals surface area contributed by atoms with E-state index in [9.17, 15) is 23.1 Å². The van der Waals surface area contributed by atoms with Crippen LogP contribution in [0.4, 0.5) is 10.5 Å². The third kappa shape index (κ3) is 6.76. The number of nitrogens with zero attached hydrogens (tertiary/aromatic N) is 2. The van der Waals surface area contributed by atoms with Gasteiger partial charge in [0.05, 0.1) is 35.3 Å². The summed E-state index contributed by atoms with van der Waals surface area (Å²) in [5.41, 5.74) is 0.473. The molecule has 0 bridgehead atoms. The van der Waals surface area contributed by atoms with E-state index in [4.69, 9.17) is 16.3 Å². The number of amides is 3. The van der Waals surface area contributed by atoms with Crippen molar-refractivity contribution in [1.82, 2.24) is 14.5 Å². The van der Waals surface area contributed by atoms with Crippen LogP contribution in [0, 0.1) is 5.92 Å². The van der Waals surface area contributed by atoms with Gasteiger partial charge in [0.25, 0.3) is 5.91 Å². The van der Waals surface area contributed by atoms with Crippen LogP contribution in [0.1, 0.15) is 38.1 Å². The molecule has 208 valence electrons. The molecule has 1 aliphatic rings. The van der Waals surface area contributed by atoms with E-state index in [1.165, 1.54) is 35.6 Å². The number of urea groups is 1. The van der Waals surface area contributed by atoms with Crippen LogP contribution in [0.3, 0.4) is 0 Å². The van der Waals surface area contributed by atoms with Gasteiger partial charge in [0.15, 0.2) is 5.75 Å². The second-order valence-corrected chi connectivity index (χ2v) is 12.3. The van der Waals surface area contributed by atoms with Crippen molar-refractivity contribution in [3.8, 4) is 5.75 Å². The molecule has 38 heavy (non-hydrogen) atoms. The average molecular weight is 567 g/mol. The van der Waals surface area contributed by atoms with Crippen LogP contribution >= 0.6 is 11.6 Å². The first-order chi connectivity index (χ1) is 17.8. The summed E-state index contributed by atoms with van der Waals surface area (Å²) in [6.45, 7) is 7.16. The Morgan fingerprint density at radius 1 is 1.21 bits per heavy atom. The summed E-state index contributed by atoms with van der Waals surface area (Å²) in [4.78, 5) is 27.7. The number of benzene rings is 2. The van der Waals surface area contributed by atoms with Crippen LogP contribution in [0.2, 0.25) is 5.02 Å². The number of anilines is 1. The van der Waals surface area contributed by atoms with E-state index in [0.29, 0.717) is 5.02 Å². The molecule has 0 unspecified atom stereocenters. The molecule has 1 aliphatic heterocycles. The number of sulfonamides is 1. The molecule has 1 heterocycles. The first kappa shape index (κ1) is 29.7. The number of carbonyl (C=O) groups excluding carboxylic acids is 2. The zero-order valence-electron chi connectivity index (χ0n) is 22.1. The summed E-state index contributed by atoms with van der Waals surface area (Å²) in [6.07, 6.45) is -0.696. The number of hydrogen-bond acceptors (Lipinski definition) is 6. The summed E-state index contributed by atoms with van der Waals surface area (Å²) in [6, 6.07) is 9.63. The fourth-order valence-corrected chi connectivity index (χ4v) is 5.43. The molecule has 0 spiro atoms. The normalized spacial score (nSPS) is 18.9. The van der Waals surface area contributed by atoms with Gasteiger partial charge in [-0.3, -0.25) is 4.79 Å². The lowest BCUT2D eigenvalue weighted by Gasteiger charge is -2.38. The Kier molecular flexibility index (Phi) is 9.64. The fourth-order valence-electron chi connectivity index (χ4n) is 4.12. The van der Waals surface area contributed by atoms with E-state index in [0.717, 1.165) is 0 Å². The molecule has 3 rings (SSSR count). The van der Waals surface area contributed by atoms with E-state index in [1.54, 1.807) is 30.0 Å². The molecule has 0 saturated carbocycles. The molecule has 2 aromatic carbocycles. The van der Waals surface area contributed by atoms with Gasteiger partial charge in [0.1, 0.15) is 6.10 Å². The lowest BCUT2D eigenvalue weighted by Crippen LogP contribution is -2.50. The van der Waals surface area contributed by atoms with Gasteiger partial charge in [-0.1, -0.05) is 24.6 Å². The molecule has 10 nitrogen and oxygen atoms in total. The van der Waals surface area contributed by atoms with Crippen molar-refractivity contribution < 1.29 is 27.9 Å². The topological polar surface area (TPSA) is 128 Å². The molecule has 0 radical (unpaired) electrons. The Bertz CT molecular complexity index is 1250. The molecule has 0 saturated heterocycles. The van der Waals surface area contributed by atoms with Gasteiger partial charge in [0.2, 0.25) is 10.0 Å². The minimum atomic E-state index is -3.87. The van der Waals surface area contributed by atoms with Crippen molar-refractivity contribution in [3.05, 3.63) is 53.1 Å². The molecule has 12 heteroatoms. The predicted molar refractivity (Wildman–Crippen MR) is 146 cm³/mol. The molecule has 3 atom stereocenters. The quantitative estimate of drug-likeness (QED) is 0.449. The highest BCUT2D eigenvalue weighted by Crippen LogP contribution is 2.35. The highest BCUT2D eigenvalue weighted by Gasteiger charge is 2.36. The maximum atomic E-state index is 13.5. The van der Waals surface area contributed by atoms with E-state index >= 15 is 0 Å². The highest BCUT2D eigenvalue weighted by atomic mass is 35.5. The highest BCUT2D eigenvalue weighted by molar-refractivity contribution is 7.89. The van der Waals surface area contributed by atoms with Crippen molar-refractivity contribution in [2.75, 3.05) is 32.1 Å². The number of hydrogen-bond donors (Lipinski definition) is 3. The number of rotatable bonds is 8. The number of aliphatic hydroxyl groups excluding tert-OH is 1. The average Bonchev–Trinajstić information content (AvgIpc) is 2.85. The largest absolute Gasteiger partial charge is 0.486 e. The second-order valence-electron chi connectivity index (χ2n) is 9.80. The molecule has 2 aromatic rings. The number of para-hydroxylation sites is 1. The van der Waals surface area contributed by atoms with Gasteiger partial charge in [0, 0.05) is 30.6 Å². The minimum absolute atomic E-state index is 0.0341. The Morgan fingerprint density at radius 3 is 2.47 bits per heavy atom. The zero-order chi connectivity index (χ0) is 28.2. The number of nitrogens with one attached hydrogen (secondary N) is 2. The third-order valence-electron chi connectivity index (χ3n) is 6.32. The number of aliphatic hydroxyl groups is 1. The van der Waals surface area contributed by atoms with Crippen molar-refractivity contribution in [1.29, 1.82) is 0 Å². The smallest absolute Gasteiger partial charge is 0.319 e. The van der Waals surface area contributed by atoms with Gasteiger partial charge in [-0.05, 0) is 57.2 Å². The van der Waals surface area contributed by atoms with Gasteiger partial charge in [-0.25, -0.2) is 13.2 Å². The Morgan fingerprint density at radius 2 is 1.87 bits per heavy atom. The number of fused-ring (bicyclic) bond motifs is 1. The first-order valence-corrected chi connectivity index (χ1v) is 14.2. The van der Waals surface area contributed by atoms with E-state index in [1.807, 2.05) is 20.8 Å². The fraction of sp³-hybridized carbons (Fsp3) is 0.462.